The third-order valence-electron chi connectivity index (χ3n) is 2.74. The molecule has 16 heavy (non-hydrogen) atoms. The molecular weight excluding hydrogens is 219 g/mol. The molecule has 0 spiro atoms. The van der Waals surface area contributed by atoms with E-state index in [0.717, 1.165) is 11.3 Å². The van der Waals surface area contributed by atoms with Crippen molar-refractivity contribution in [3.8, 4) is 0 Å². The topological polar surface area (TPSA) is 20.3 Å². The maximum Gasteiger partial charge on any atom is 0.406 e. The number of hydrogen-bond donors (Lipinski definition) is 0. The van der Waals surface area contributed by atoms with Crippen molar-refractivity contribution in [2.75, 3.05) is 13.1 Å². The van der Waals surface area contributed by atoms with Gasteiger partial charge < -0.3 is 4.90 Å². The van der Waals surface area contributed by atoms with Crippen LogP contribution in [-0.2, 0) is 4.79 Å². The van der Waals surface area contributed by atoms with Crippen LogP contribution in [-0.4, -0.2) is 30.1 Å². The van der Waals surface area contributed by atoms with Gasteiger partial charge >= 0.3 is 6.18 Å². The molecule has 0 fully saturated rings. The summed E-state index contributed by atoms with van der Waals surface area (Å²) < 4.78 is 36.7. The first-order valence-corrected chi connectivity index (χ1v) is 5.49. The Morgan fingerprint density at radius 3 is 2.06 bits per heavy atom. The summed E-state index contributed by atoms with van der Waals surface area (Å²) in [5, 5.41) is 0. The monoisotopic (exact) mass is 239 g/mol. The molecule has 0 saturated heterocycles. The Balaban J connectivity index is 4.50. The van der Waals surface area contributed by atoms with Crippen LogP contribution >= 0.6 is 0 Å². The van der Waals surface area contributed by atoms with Crippen molar-refractivity contribution < 1.29 is 18.0 Å². The van der Waals surface area contributed by atoms with Crippen LogP contribution in [0.25, 0.3) is 0 Å². The van der Waals surface area contributed by atoms with Gasteiger partial charge in [0, 0.05) is 13.5 Å². The second-order valence-electron chi connectivity index (χ2n) is 4.43. The summed E-state index contributed by atoms with van der Waals surface area (Å²) in [5.74, 6) is -0.122. The molecule has 5 heteroatoms. The summed E-state index contributed by atoms with van der Waals surface area (Å²) in [6, 6.07) is 0. The fourth-order valence-electron chi connectivity index (χ4n) is 1.62. The van der Waals surface area contributed by atoms with Gasteiger partial charge in [-0.15, -0.1) is 0 Å². The average molecular weight is 239 g/mol. The highest BCUT2D eigenvalue weighted by atomic mass is 19.4. The van der Waals surface area contributed by atoms with Crippen LogP contribution in [0, 0.1) is 11.8 Å². The van der Waals surface area contributed by atoms with E-state index in [1.165, 1.54) is 6.92 Å². The minimum Gasteiger partial charge on any atom is -0.334 e. The quantitative estimate of drug-likeness (QED) is 0.722. The molecule has 96 valence electrons. The molecule has 1 amide bonds. The summed E-state index contributed by atoms with van der Waals surface area (Å²) in [7, 11) is 0. The van der Waals surface area contributed by atoms with Gasteiger partial charge in [-0.05, 0) is 11.8 Å². The zero-order chi connectivity index (χ0) is 12.9. The van der Waals surface area contributed by atoms with E-state index in [1.807, 2.05) is 20.8 Å². The largest absolute Gasteiger partial charge is 0.406 e. The highest BCUT2D eigenvalue weighted by Gasteiger charge is 2.33. The normalized spacial score (nSPS) is 14.0. The van der Waals surface area contributed by atoms with E-state index in [1.54, 1.807) is 0 Å². The van der Waals surface area contributed by atoms with E-state index in [9.17, 15) is 18.0 Å². The number of nitrogens with zero attached hydrogens (tertiary/aromatic N) is 1. The van der Waals surface area contributed by atoms with Gasteiger partial charge in [-0.3, -0.25) is 4.79 Å². The van der Waals surface area contributed by atoms with Gasteiger partial charge in [0.25, 0.3) is 0 Å². The molecule has 0 saturated carbocycles. The molecule has 0 aromatic carbocycles. The van der Waals surface area contributed by atoms with Crippen LogP contribution in [0.4, 0.5) is 13.2 Å². The van der Waals surface area contributed by atoms with Gasteiger partial charge in [0.05, 0.1) is 0 Å². The highest BCUT2D eigenvalue weighted by Crippen LogP contribution is 2.21. The fraction of sp³-hybridized carbons (Fsp3) is 0.909. The van der Waals surface area contributed by atoms with Crippen LogP contribution in [0.1, 0.15) is 34.1 Å². The molecule has 1 unspecified atom stereocenters. The van der Waals surface area contributed by atoms with Gasteiger partial charge in [0.2, 0.25) is 5.91 Å². The van der Waals surface area contributed by atoms with E-state index in [-0.39, 0.29) is 18.4 Å². The zero-order valence-corrected chi connectivity index (χ0v) is 10.3. The van der Waals surface area contributed by atoms with Gasteiger partial charge in [-0.1, -0.05) is 27.2 Å². The summed E-state index contributed by atoms with van der Waals surface area (Å²) >= 11 is 0. The molecule has 0 N–H and O–H groups in total. The summed E-state index contributed by atoms with van der Waals surface area (Å²) in [6.45, 7) is 6.06. The van der Waals surface area contributed by atoms with Crippen molar-refractivity contribution in [2.45, 2.75) is 40.3 Å². The number of amides is 1. The van der Waals surface area contributed by atoms with E-state index in [0.29, 0.717) is 0 Å². The van der Waals surface area contributed by atoms with Gasteiger partial charge in [0.1, 0.15) is 6.54 Å². The van der Waals surface area contributed by atoms with E-state index in [4.69, 9.17) is 0 Å². The Bertz CT molecular complexity index is 226. The van der Waals surface area contributed by atoms with Crippen molar-refractivity contribution in [2.24, 2.45) is 11.8 Å². The number of alkyl halides is 3. The molecule has 0 aliphatic heterocycles. The number of carbonyl (C=O) groups excluding carboxylic acids is 1. The van der Waals surface area contributed by atoms with Crippen LogP contribution in [0.3, 0.4) is 0 Å². The molecule has 2 nitrogen and oxygen atoms in total. The van der Waals surface area contributed by atoms with Crippen molar-refractivity contribution in [1.29, 1.82) is 0 Å². The van der Waals surface area contributed by atoms with Gasteiger partial charge in [-0.25, -0.2) is 0 Å². The van der Waals surface area contributed by atoms with Crippen LogP contribution < -0.4 is 0 Å². The Morgan fingerprint density at radius 2 is 1.81 bits per heavy atom. The smallest absolute Gasteiger partial charge is 0.334 e. The maximum absolute atomic E-state index is 12.2. The van der Waals surface area contributed by atoms with E-state index >= 15 is 0 Å². The Kier molecular flexibility index (Phi) is 5.83. The molecule has 0 radical (unpaired) electrons. The third kappa shape index (κ3) is 5.98. The Hall–Kier alpha value is -0.740. The summed E-state index contributed by atoms with van der Waals surface area (Å²) in [6.07, 6.45) is -3.54. The van der Waals surface area contributed by atoms with Crippen LogP contribution in [0.5, 0.6) is 0 Å². The minimum atomic E-state index is -4.32. The highest BCUT2D eigenvalue weighted by molar-refractivity contribution is 5.73. The summed E-state index contributed by atoms with van der Waals surface area (Å²) in [4.78, 5) is 12.0. The lowest BCUT2D eigenvalue weighted by Crippen LogP contribution is -2.41. The molecule has 0 aliphatic rings. The first-order valence-electron chi connectivity index (χ1n) is 5.49. The minimum absolute atomic E-state index is 0.117. The number of rotatable bonds is 5. The average Bonchev–Trinajstić information content (AvgIpc) is 2.09. The molecule has 0 bridgehead atoms. The SMILES string of the molecule is CCC(CN(CC(F)(F)F)C(C)=O)C(C)C. The molecule has 0 aromatic heterocycles. The maximum atomic E-state index is 12.2. The molecular formula is C11H20F3NO. The Morgan fingerprint density at radius 1 is 1.31 bits per heavy atom. The molecule has 0 aromatic rings. The van der Waals surface area contributed by atoms with E-state index in [2.05, 4.69) is 0 Å². The van der Waals surface area contributed by atoms with Crippen molar-refractivity contribution in [3.63, 3.8) is 0 Å². The fourth-order valence-corrected chi connectivity index (χ4v) is 1.62. The van der Waals surface area contributed by atoms with Crippen molar-refractivity contribution in [1.82, 2.24) is 4.90 Å². The van der Waals surface area contributed by atoms with Crippen LogP contribution in [0.2, 0.25) is 0 Å². The number of carbonyl (C=O) groups is 1. The predicted octanol–water partition coefficient (Wildman–Crippen LogP) is 3.08. The second-order valence-corrected chi connectivity index (χ2v) is 4.43. The first kappa shape index (κ1) is 15.3. The van der Waals surface area contributed by atoms with Gasteiger partial charge in [0.15, 0.2) is 0 Å². The number of hydrogen-bond acceptors (Lipinski definition) is 1. The lowest BCUT2D eigenvalue weighted by Gasteiger charge is -2.29. The molecule has 0 heterocycles. The Labute approximate surface area is 94.8 Å². The third-order valence-corrected chi connectivity index (χ3v) is 2.74. The van der Waals surface area contributed by atoms with Crippen molar-refractivity contribution >= 4 is 5.91 Å². The number of halogens is 3. The zero-order valence-electron chi connectivity index (χ0n) is 10.3. The lowest BCUT2D eigenvalue weighted by atomic mass is 9.92. The molecule has 0 aliphatic carbocycles. The second kappa shape index (κ2) is 6.11. The molecule has 1 atom stereocenters. The molecule has 0 rings (SSSR count). The van der Waals surface area contributed by atoms with Crippen molar-refractivity contribution in [3.05, 3.63) is 0 Å². The van der Waals surface area contributed by atoms with E-state index < -0.39 is 18.6 Å². The lowest BCUT2D eigenvalue weighted by molar-refractivity contribution is -0.161. The van der Waals surface area contributed by atoms with Gasteiger partial charge in [-0.2, -0.15) is 13.2 Å². The first-order chi connectivity index (χ1) is 7.17. The van der Waals surface area contributed by atoms with Crippen LogP contribution in [0.15, 0.2) is 0 Å². The summed E-state index contributed by atoms with van der Waals surface area (Å²) in [5.41, 5.74) is 0. The standard InChI is InChI=1S/C11H20F3NO/c1-5-10(8(2)3)6-15(9(4)16)7-11(12,13)14/h8,10H,5-7H2,1-4H3. The predicted molar refractivity (Wildman–Crippen MR) is 56.9 cm³/mol.